The van der Waals surface area contributed by atoms with Gasteiger partial charge < -0.3 is 0 Å². The summed E-state index contributed by atoms with van der Waals surface area (Å²) in [6.45, 7) is 0. The number of hydrogen-bond acceptors (Lipinski definition) is 3. The van der Waals surface area contributed by atoms with Crippen molar-refractivity contribution in [2.45, 2.75) is 17.8 Å². The Labute approximate surface area is 111 Å². The van der Waals surface area contributed by atoms with Gasteiger partial charge in [0.15, 0.2) is 0 Å². The Bertz CT molecular complexity index is 694. The molecular formula is C16H11N3. The van der Waals surface area contributed by atoms with E-state index in [1.165, 1.54) is 0 Å². The average molecular weight is 245 g/mol. The van der Waals surface area contributed by atoms with Gasteiger partial charge in [-0.3, -0.25) is 4.98 Å². The molecule has 19 heavy (non-hydrogen) atoms. The highest BCUT2D eigenvalue weighted by molar-refractivity contribution is 5.52. The van der Waals surface area contributed by atoms with Gasteiger partial charge in [-0.2, -0.15) is 10.5 Å². The number of benzene rings is 1. The van der Waals surface area contributed by atoms with Gasteiger partial charge in [0.2, 0.25) is 0 Å². The van der Waals surface area contributed by atoms with Crippen LogP contribution in [0.4, 0.5) is 0 Å². The number of hydrogen-bond donors (Lipinski definition) is 0. The molecular weight excluding hydrogens is 234 g/mol. The largest absolute Gasteiger partial charge is 0.258 e. The highest BCUT2D eigenvalue weighted by Gasteiger charge is 2.59. The van der Waals surface area contributed by atoms with E-state index in [4.69, 9.17) is 5.26 Å². The predicted octanol–water partition coefficient (Wildman–Crippen LogP) is 2.90. The third kappa shape index (κ3) is 1.68. The van der Waals surface area contributed by atoms with Crippen LogP contribution >= 0.6 is 0 Å². The van der Waals surface area contributed by atoms with Crippen LogP contribution in [0.15, 0.2) is 48.7 Å². The lowest BCUT2D eigenvalue weighted by atomic mass is 9.93. The maximum atomic E-state index is 9.56. The Kier molecular flexibility index (Phi) is 2.54. The fraction of sp³-hybridized carbons (Fsp3) is 0.188. The second-order valence-electron chi connectivity index (χ2n) is 4.76. The van der Waals surface area contributed by atoms with E-state index >= 15 is 0 Å². The molecule has 1 aliphatic rings. The molecule has 0 saturated heterocycles. The minimum Gasteiger partial charge on any atom is -0.258 e. The monoisotopic (exact) mass is 245 g/mol. The van der Waals surface area contributed by atoms with Gasteiger partial charge in [-0.05, 0) is 24.1 Å². The van der Waals surface area contributed by atoms with Crippen LogP contribution in [0.1, 0.15) is 29.2 Å². The van der Waals surface area contributed by atoms with E-state index in [1.807, 2.05) is 30.3 Å². The zero-order valence-electron chi connectivity index (χ0n) is 10.2. The van der Waals surface area contributed by atoms with Gasteiger partial charge in [0.05, 0.1) is 17.3 Å². The van der Waals surface area contributed by atoms with E-state index in [1.54, 1.807) is 18.3 Å². The van der Waals surface area contributed by atoms with Crippen LogP contribution < -0.4 is 0 Å². The Hall–Kier alpha value is -2.65. The van der Waals surface area contributed by atoms with Crippen molar-refractivity contribution < 1.29 is 0 Å². The zero-order valence-corrected chi connectivity index (χ0v) is 10.2. The fourth-order valence-electron chi connectivity index (χ4n) is 2.64. The SMILES string of the molecule is N#Cc1cccnc1C1(C#N)CC1c1ccccc1. The molecule has 0 bridgehead atoms. The van der Waals surface area contributed by atoms with Crippen molar-refractivity contribution in [3.05, 3.63) is 65.5 Å². The maximum Gasteiger partial charge on any atom is 0.108 e. The normalized spacial score (nSPS) is 24.2. The molecule has 1 heterocycles. The molecule has 2 atom stereocenters. The highest BCUT2D eigenvalue weighted by Crippen LogP contribution is 2.60. The Morgan fingerprint density at radius 2 is 1.89 bits per heavy atom. The topological polar surface area (TPSA) is 60.5 Å². The van der Waals surface area contributed by atoms with E-state index in [9.17, 15) is 5.26 Å². The van der Waals surface area contributed by atoms with Crippen molar-refractivity contribution in [2.24, 2.45) is 0 Å². The van der Waals surface area contributed by atoms with Crippen molar-refractivity contribution in [1.29, 1.82) is 10.5 Å². The fourth-order valence-corrected chi connectivity index (χ4v) is 2.64. The Morgan fingerprint density at radius 1 is 1.11 bits per heavy atom. The van der Waals surface area contributed by atoms with Crippen LogP contribution in [-0.4, -0.2) is 4.98 Å². The van der Waals surface area contributed by atoms with Crippen molar-refractivity contribution >= 4 is 0 Å². The summed E-state index contributed by atoms with van der Waals surface area (Å²) in [5.74, 6) is 0.140. The summed E-state index contributed by atoms with van der Waals surface area (Å²) in [6, 6.07) is 17.9. The molecule has 1 aromatic carbocycles. The lowest BCUT2D eigenvalue weighted by Crippen LogP contribution is -2.11. The molecule has 1 fully saturated rings. The van der Waals surface area contributed by atoms with Crippen molar-refractivity contribution in [1.82, 2.24) is 4.98 Å². The summed E-state index contributed by atoms with van der Waals surface area (Å²) < 4.78 is 0. The number of rotatable bonds is 2. The van der Waals surface area contributed by atoms with Crippen LogP contribution in [0.3, 0.4) is 0 Å². The molecule has 1 aliphatic carbocycles. The predicted molar refractivity (Wildman–Crippen MR) is 70.0 cm³/mol. The lowest BCUT2D eigenvalue weighted by molar-refractivity contribution is 0.809. The molecule has 3 nitrogen and oxygen atoms in total. The number of aromatic nitrogens is 1. The minimum atomic E-state index is -0.631. The summed E-state index contributed by atoms with van der Waals surface area (Å²) in [5.41, 5.74) is 1.63. The van der Waals surface area contributed by atoms with Crippen molar-refractivity contribution in [2.75, 3.05) is 0 Å². The lowest BCUT2D eigenvalue weighted by Gasteiger charge is -2.09. The number of nitriles is 2. The third-order valence-electron chi connectivity index (χ3n) is 3.71. The molecule has 2 unspecified atom stereocenters. The molecule has 0 radical (unpaired) electrons. The molecule has 3 heteroatoms. The Balaban J connectivity index is 2.05. The second-order valence-corrected chi connectivity index (χ2v) is 4.76. The van der Waals surface area contributed by atoms with Crippen LogP contribution in [0.2, 0.25) is 0 Å². The maximum absolute atomic E-state index is 9.56. The minimum absolute atomic E-state index is 0.140. The van der Waals surface area contributed by atoms with Gasteiger partial charge in [0.1, 0.15) is 11.5 Å². The van der Waals surface area contributed by atoms with Gasteiger partial charge in [-0.25, -0.2) is 0 Å². The van der Waals surface area contributed by atoms with E-state index in [2.05, 4.69) is 17.1 Å². The van der Waals surface area contributed by atoms with Gasteiger partial charge >= 0.3 is 0 Å². The van der Waals surface area contributed by atoms with Gasteiger partial charge in [-0.1, -0.05) is 30.3 Å². The van der Waals surface area contributed by atoms with E-state index in [-0.39, 0.29) is 5.92 Å². The quantitative estimate of drug-likeness (QED) is 0.817. The van der Waals surface area contributed by atoms with E-state index in [0.29, 0.717) is 11.3 Å². The molecule has 0 N–H and O–H groups in total. The first-order chi connectivity index (χ1) is 9.31. The molecule has 0 amide bonds. The summed E-state index contributed by atoms with van der Waals surface area (Å²) in [6.07, 6.45) is 2.38. The highest BCUT2D eigenvalue weighted by atomic mass is 14.8. The van der Waals surface area contributed by atoms with Crippen molar-refractivity contribution in [3.8, 4) is 12.1 Å². The molecule has 0 aliphatic heterocycles. The Morgan fingerprint density at radius 3 is 2.58 bits per heavy atom. The summed E-state index contributed by atoms with van der Waals surface area (Å²) in [4.78, 5) is 4.29. The molecule has 2 aromatic rings. The van der Waals surface area contributed by atoms with Crippen molar-refractivity contribution in [3.63, 3.8) is 0 Å². The molecule has 1 aromatic heterocycles. The summed E-state index contributed by atoms with van der Waals surface area (Å²) in [7, 11) is 0. The summed E-state index contributed by atoms with van der Waals surface area (Å²) in [5, 5.41) is 18.7. The van der Waals surface area contributed by atoms with E-state index < -0.39 is 5.41 Å². The first-order valence-electron chi connectivity index (χ1n) is 6.13. The molecule has 90 valence electrons. The number of nitrogens with zero attached hydrogens (tertiary/aromatic N) is 3. The third-order valence-corrected chi connectivity index (χ3v) is 3.71. The first-order valence-corrected chi connectivity index (χ1v) is 6.13. The molecule has 3 rings (SSSR count). The standard InChI is InChI=1S/C16H11N3/c17-10-13-7-4-8-19-15(13)16(11-18)9-14(16)12-5-2-1-3-6-12/h1-8,14H,9H2. The van der Waals surface area contributed by atoms with E-state index in [0.717, 1.165) is 12.0 Å². The molecule has 0 spiro atoms. The second kappa shape index (κ2) is 4.23. The smallest absolute Gasteiger partial charge is 0.108 e. The first kappa shape index (κ1) is 11.4. The van der Waals surface area contributed by atoms with Crippen LogP contribution in [0.25, 0.3) is 0 Å². The molecule has 1 saturated carbocycles. The van der Waals surface area contributed by atoms with Crippen LogP contribution in [0.5, 0.6) is 0 Å². The summed E-state index contributed by atoms with van der Waals surface area (Å²) >= 11 is 0. The van der Waals surface area contributed by atoms with Gasteiger partial charge in [0.25, 0.3) is 0 Å². The van der Waals surface area contributed by atoms with Crippen LogP contribution in [0, 0.1) is 22.7 Å². The number of pyridine rings is 1. The zero-order chi connectivity index (χ0) is 13.3. The van der Waals surface area contributed by atoms with Gasteiger partial charge in [-0.15, -0.1) is 0 Å². The van der Waals surface area contributed by atoms with Gasteiger partial charge in [0, 0.05) is 12.1 Å². The average Bonchev–Trinajstić information content (AvgIpc) is 3.24. The van der Waals surface area contributed by atoms with Crippen LogP contribution in [-0.2, 0) is 5.41 Å².